The Morgan fingerprint density at radius 2 is 1.75 bits per heavy atom. The molecule has 16 heavy (non-hydrogen) atoms. The largest absolute Gasteiger partial charge is 0.317 e. The molecule has 0 rings (SSSR count). The fourth-order valence-corrected chi connectivity index (χ4v) is 1.98. The van der Waals surface area contributed by atoms with Crippen LogP contribution in [0.3, 0.4) is 0 Å². The van der Waals surface area contributed by atoms with Crippen molar-refractivity contribution in [3.05, 3.63) is 0 Å². The first-order valence-corrected chi connectivity index (χ1v) is 7.06. The summed E-state index contributed by atoms with van der Waals surface area (Å²) in [5.41, 5.74) is 0. The Labute approximate surface area is 103 Å². The van der Waals surface area contributed by atoms with Crippen LogP contribution in [0.1, 0.15) is 53.9 Å². The lowest BCUT2D eigenvalue weighted by Crippen LogP contribution is -2.38. The van der Waals surface area contributed by atoms with Crippen LogP contribution in [0.2, 0.25) is 0 Å². The first kappa shape index (κ1) is 15.9. The van der Waals surface area contributed by atoms with Gasteiger partial charge < -0.3 is 10.2 Å². The minimum atomic E-state index is 0.681. The van der Waals surface area contributed by atoms with Crippen LogP contribution >= 0.6 is 0 Å². The lowest BCUT2D eigenvalue weighted by atomic mass is 10.1. The van der Waals surface area contributed by atoms with Gasteiger partial charge in [0.15, 0.2) is 0 Å². The van der Waals surface area contributed by atoms with Gasteiger partial charge in [-0.15, -0.1) is 0 Å². The third-order valence-corrected chi connectivity index (χ3v) is 3.07. The molecule has 0 aromatic carbocycles. The molecule has 0 amide bonds. The van der Waals surface area contributed by atoms with Crippen molar-refractivity contribution in [1.82, 2.24) is 10.2 Å². The number of unbranched alkanes of at least 4 members (excludes halogenated alkanes) is 2. The maximum Gasteiger partial charge on any atom is 0.00387 e. The van der Waals surface area contributed by atoms with E-state index >= 15 is 0 Å². The van der Waals surface area contributed by atoms with E-state index in [4.69, 9.17) is 0 Å². The molecule has 0 heterocycles. The van der Waals surface area contributed by atoms with E-state index in [1.54, 1.807) is 0 Å². The molecule has 2 heteroatoms. The van der Waals surface area contributed by atoms with Crippen molar-refractivity contribution in [1.29, 1.82) is 0 Å². The summed E-state index contributed by atoms with van der Waals surface area (Å²) in [7, 11) is 0. The smallest absolute Gasteiger partial charge is 0.00387 e. The Bertz CT molecular complexity index is 146. The normalized spacial score (nSPS) is 13.7. The van der Waals surface area contributed by atoms with Crippen molar-refractivity contribution in [2.45, 2.75) is 59.9 Å². The van der Waals surface area contributed by atoms with Crippen molar-refractivity contribution in [3.63, 3.8) is 0 Å². The maximum absolute atomic E-state index is 3.43. The highest BCUT2D eigenvalue weighted by Crippen LogP contribution is 2.07. The molecule has 1 unspecified atom stereocenters. The number of hydrogen-bond donors (Lipinski definition) is 1. The van der Waals surface area contributed by atoms with E-state index in [2.05, 4.69) is 44.8 Å². The Hall–Kier alpha value is -0.0800. The highest BCUT2D eigenvalue weighted by Gasteiger charge is 2.12. The summed E-state index contributed by atoms with van der Waals surface area (Å²) in [6.07, 6.45) is 4.03. The van der Waals surface area contributed by atoms with Crippen LogP contribution in [0.25, 0.3) is 0 Å². The minimum absolute atomic E-state index is 0.681. The molecule has 0 aliphatic heterocycles. The van der Waals surface area contributed by atoms with Crippen molar-refractivity contribution >= 4 is 0 Å². The molecule has 98 valence electrons. The summed E-state index contributed by atoms with van der Waals surface area (Å²) in [5, 5.41) is 3.43. The average molecular weight is 228 g/mol. The van der Waals surface area contributed by atoms with Gasteiger partial charge in [0.25, 0.3) is 0 Å². The number of nitrogens with one attached hydrogen (secondary N) is 1. The Kier molecular flexibility index (Phi) is 10.0. The third kappa shape index (κ3) is 8.12. The first-order valence-electron chi connectivity index (χ1n) is 7.06. The molecule has 1 atom stereocenters. The van der Waals surface area contributed by atoms with Gasteiger partial charge in [0.2, 0.25) is 0 Å². The molecule has 1 N–H and O–H groups in total. The van der Waals surface area contributed by atoms with Gasteiger partial charge in [-0.2, -0.15) is 0 Å². The summed E-state index contributed by atoms with van der Waals surface area (Å²) in [4.78, 5) is 2.62. The Morgan fingerprint density at radius 3 is 2.25 bits per heavy atom. The molecule has 0 saturated heterocycles. The SMILES string of the molecule is CCCCCN(CC(C)CNCC)C(C)C. The zero-order chi connectivity index (χ0) is 12.4. The predicted octanol–water partition coefficient (Wildman–Crippen LogP) is 3.13. The van der Waals surface area contributed by atoms with Crippen LogP contribution in [0.15, 0.2) is 0 Å². The van der Waals surface area contributed by atoms with E-state index in [1.165, 1.54) is 32.4 Å². The zero-order valence-corrected chi connectivity index (χ0v) is 12.1. The highest BCUT2D eigenvalue weighted by molar-refractivity contribution is 4.68. The minimum Gasteiger partial charge on any atom is -0.317 e. The van der Waals surface area contributed by atoms with Gasteiger partial charge in [-0.25, -0.2) is 0 Å². The predicted molar refractivity (Wildman–Crippen MR) is 73.9 cm³/mol. The second kappa shape index (κ2) is 10.1. The summed E-state index contributed by atoms with van der Waals surface area (Å²) < 4.78 is 0. The summed E-state index contributed by atoms with van der Waals surface area (Å²) in [6, 6.07) is 0.681. The van der Waals surface area contributed by atoms with Crippen LogP contribution in [0, 0.1) is 5.92 Å². The lowest BCUT2D eigenvalue weighted by Gasteiger charge is -2.29. The fraction of sp³-hybridized carbons (Fsp3) is 1.00. The molecule has 0 fully saturated rings. The molecular weight excluding hydrogens is 196 g/mol. The van der Waals surface area contributed by atoms with Gasteiger partial charge in [0.1, 0.15) is 0 Å². The van der Waals surface area contributed by atoms with E-state index in [0.29, 0.717) is 6.04 Å². The molecular formula is C14H32N2. The van der Waals surface area contributed by atoms with Crippen LogP contribution in [-0.2, 0) is 0 Å². The molecule has 0 bridgehead atoms. The topological polar surface area (TPSA) is 15.3 Å². The molecule has 0 aromatic heterocycles. The fourth-order valence-electron chi connectivity index (χ4n) is 1.98. The van der Waals surface area contributed by atoms with E-state index in [9.17, 15) is 0 Å². The van der Waals surface area contributed by atoms with Crippen LogP contribution in [-0.4, -0.2) is 37.1 Å². The molecule has 2 nitrogen and oxygen atoms in total. The molecule has 0 aromatic rings. The van der Waals surface area contributed by atoms with Crippen LogP contribution in [0.5, 0.6) is 0 Å². The second-order valence-corrected chi connectivity index (χ2v) is 5.21. The molecule has 0 saturated carbocycles. The van der Waals surface area contributed by atoms with E-state index in [-0.39, 0.29) is 0 Å². The monoisotopic (exact) mass is 228 g/mol. The average Bonchev–Trinajstić information content (AvgIpc) is 2.25. The second-order valence-electron chi connectivity index (χ2n) is 5.21. The summed E-state index contributed by atoms with van der Waals surface area (Å²) in [6.45, 7) is 16.1. The van der Waals surface area contributed by atoms with E-state index in [1.807, 2.05) is 0 Å². The van der Waals surface area contributed by atoms with Crippen LogP contribution in [0.4, 0.5) is 0 Å². The zero-order valence-electron chi connectivity index (χ0n) is 12.1. The van der Waals surface area contributed by atoms with Crippen molar-refractivity contribution in [2.75, 3.05) is 26.2 Å². The van der Waals surface area contributed by atoms with Gasteiger partial charge in [-0.3, -0.25) is 0 Å². The van der Waals surface area contributed by atoms with Crippen molar-refractivity contribution < 1.29 is 0 Å². The van der Waals surface area contributed by atoms with E-state index < -0.39 is 0 Å². The quantitative estimate of drug-likeness (QED) is 0.578. The number of nitrogens with zero attached hydrogens (tertiary/aromatic N) is 1. The summed E-state index contributed by atoms with van der Waals surface area (Å²) >= 11 is 0. The number of hydrogen-bond acceptors (Lipinski definition) is 2. The van der Waals surface area contributed by atoms with Gasteiger partial charge in [0.05, 0.1) is 0 Å². The van der Waals surface area contributed by atoms with Gasteiger partial charge >= 0.3 is 0 Å². The molecule has 0 radical (unpaired) electrons. The van der Waals surface area contributed by atoms with Crippen LogP contribution < -0.4 is 5.32 Å². The number of rotatable bonds is 10. The maximum atomic E-state index is 3.43. The lowest BCUT2D eigenvalue weighted by molar-refractivity contribution is 0.187. The third-order valence-electron chi connectivity index (χ3n) is 3.07. The molecule has 0 aliphatic rings. The van der Waals surface area contributed by atoms with Gasteiger partial charge in [-0.05, 0) is 45.8 Å². The van der Waals surface area contributed by atoms with E-state index in [0.717, 1.165) is 19.0 Å². The van der Waals surface area contributed by atoms with Crippen molar-refractivity contribution in [2.24, 2.45) is 5.92 Å². The van der Waals surface area contributed by atoms with Gasteiger partial charge in [-0.1, -0.05) is 33.6 Å². The Balaban J connectivity index is 3.82. The van der Waals surface area contributed by atoms with Crippen molar-refractivity contribution in [3.8, 4) is 0 Å². The summed E-state index contributed by atoms with van der Waals surface area (Å²) in [5.74, 6) is 0.754. The Morgan fingerprint density at radius 1 is 1.06 bits per heavy atom. The highest BCUT2D eigenvalue weighted by atomic mass is 15.1. The first-order chi connectivity index (χ1) is 7.61. The standard InChI is InChI=1S/C14H32N2/c1-6-8-9-10-16(13(3)4)12-14(5)11-15-7-2/h13-15H,6-12H2,1-5H3. The van der Waals surface area contributed by atoms with Gasteiger partial charge in [0, 0.05) is 12.6 Å². The molecule has 0 spiro atoms. The molecule has 0 aliphatic carbocycles.